The van der Waals surface area contributed by atoms with Gasteiger partial charge in [0.05, 0.1) is 23.6 Å². The molecule has 8 nitrogen and oxygen atoms in total. The molecule has 0 saturated carbocycles. The smallest absolute Gasteiger partial charge is 0.341 e. The van der Waals surface area contributed by atoms with Crippen molar-refractivity contribution in [2.45, 2.75) is 27.7 Å². The van der Waals surface area contributed by atoms with E-state index in [-0.39, 0.29) is 11.4 Å². The first-order valence-corrected chi connectivity index (χ1v) is 8.56. The molecule has 0 spiro atoms. The minimum Gasteiger partial charge on any atom is -0.493 e. The number of benzene rings is 1. The van der Waals surface area contributed by atoms with E-state index in [9.17, 15) is 9.90 Å². The van der Waals surface area contributed by atoms with Gasteiger partial charge in [0.1, 0.15) is 17.1 Å². The lowest BCUT2D eigenvalue weighted by Gasteiger charge is -2.14. The lowest BCUT2D eigenvalue weighted by molar-refractivity contribution is 0.0698. The number of aromatic carboxylic acids is 1. The molecule has 0 unspecified atom stereocenters. The van der Waals surface area contributed by atoms with Crippen LogP contribution in [0.25, 0.3) is 16.8 Å². The Hall–Kier alpha value is -3.29. The van der Waals surface area contributed by atoms with Gasteiger partial charge in [0.15, 0.2) is 5.82 Å². The quantitative estimate of drug-likeness (QED) is 0.682. The van der Waals surface area contributed by atoms with E-state index in [4.69, 9.17) is 15.0 Å². The average molecular weight is 370 g/mol. The van der Waals surface area contributed by atoms with Crippen LogP contribution in [0.5, 0.6) is 5.75 Å². The summed E-state index contributed by atoms with van der Waals surface area (Å²) < 4.78 is 12.7. The lowest BCUT2D eigenvalue weighted by Crippen LogP contribution is -2.06. The minimum atomic E-state index is -1.12. The number of nitrogen functional groups attached to an aromatic ring is 1. The van der Waals surface area contributed by atoms with Crippen LogP contribution >= 0.6 is 0 Å². The van der Waals surface area contributed by atoms with Crippen molar-refractivity contribution in [2.75, 3.05) is 12.3 Å². The van der Waals surface area contributed by atoms with E-state index in [1.165, 1.54) is 10.9 Å². The number of carbonyl (C=O) groups is 1. The van der Waals surface area contributed by atoms with E-state index in [0.29, 0.717) is 29.7 Å². The van der Waals surface area contributed by atoms with Gasteiger partial charge in [-0.3, -0.25) is 0 Å². The summed E-state index contributed by atoms with van der Waals surface area (Å²) in [6.07, 6.45) is 1.39. The van der Waals surface area contributed by atoms with Crippen LogP contribution in [0.2, 0.25) is 0 Å². The van der Waals surface area contributed by atoms with Gasteiger partial charge in [-0.05, 0) is 38.0 Å². The number of carboxylic acid groups (broad SMARTS) is 1. The molecule has 0 saturated heterocycles. The largest absolute Gasteiger partial charge is 0.493 e. The number of hydrogen-bond acceptors (Lipinski definition) is 6. The van der Waals surface area contributed by atoms with Crippen LogP contribution in [0.1, 0.15) is 35.7 Å². The summed E-state index contributed by atoms with van der Waals surface area (Å²) in [4.78, 5) is 11.2. The second-order valence-corrected chi connectivity index (χ2v) is 6.76. The molecule has 3 N–H and O–H groups in total. The van der Waals surface area contributed by atoms with Crippen LogP contribution in [0.4, 0.5) is 5.82 Å². The maximum Gasteiger partial charge on any atom is 0.341 e. The number of nitrogens with two attached hydrogens (primary N) is 1. The van der Waals surface area contributed by atoms with Crippen LogP contribution in [0.3, 0.4) is 0 Å². The summed E-state index contributed by atoms with van der Waals surface area (Å²) in [7, 11) is 0. The Morgan fingerprint density at radius 1 is 1.37 bits per heavy atom. The van der Waals surface area contributed by atoms with Crippen molar-refractivity contribution in [3.63, 3.8) is 0 Å². The monoisotopic (exact) mass is 370 g/mol. The Balaban J connectivity index is 2.12. The number of ether oxygens (including phenoxy) is 1. The normalized spacial score (nSPS) is 11.1. The first-order valence-electron chi connectivity index (χ1n) is 8.56. The Morgan fingerprint density at radius 3 is 2.67 bits per heavy atom. The zero-order valence-electron chi connectivity index (χ0n) is 15.7. The molecule has 0 atom stereocenters. The molecule has 0 aliphatic heterocycles. The van der Waals surface area contributed by atoms with E-state index in [2.05, 4.69) is 24.1 Å². The molecule has 0 aliphatic carbocycles. The highest BCUT2D eigenvalue weighted by atomic mass is 16.5. The van der Waals surface area contributed by atoms with E-state index >= 15 is 0 Å². The molecular weight excluding hydrogens is 348 g/mol. The number of rotatable bonds is 6. The second-order valence-electron chi connectivity index (χ2n) is 6.76. The van der Waals surface area contributed by atoms with Crippen LogP contribution in [-0.2, 0) is 0 Å². The predicted octanol–water partition coefficient (Wildman–Crippen LogP) is 3.46. The zero-order chi connectivity index (χ0) is 19.7. The van der Waals surface area contributed by atoms with Gasteiger partial charge in [0.25, 0.3) is 0 Å². The predicted molar refractivity (Wildman–Crippen MR) is 100 cm³/mol. The second kappa shape index (κ2) is 7.14. The van der Waals surface area contributed by atoms with E-state index in [1.807, 2.05) is 26.0 Å². The molecule has 2 heterocycles. The lowest BCUT2D eigenvalue weighted by atomic mass is 10.0. The first kappa shape index (κ1) is 18.5. The van der Waals surface area contributed by atoms with Crippen molar-refractivity contribution in [1.29, 1.82) is 0 Å². The number of nitrogens with zero attached hydrogens (tertiary/aromatic N) is 3. The zero-order valence-corrected chi connectivity index (χ0v) is 15.7. The van der Waals surface area contributed by atoms with Crippen molar-refractivity contribution in [1.82, 2.24) is 14.9 Å². The first-order chi connectivity index (χ1) is 12.8. The molecule has 8 heteroatoms. The average Bonchev–Trinajstić information content (AvgIpc) is 3.15. The maximum atomic E-state index is 11.2. The standard InChI is InChI=1S/C19H22N4O4/c1-10(2)9-26-16-6-5-13(23-8-15(19(24)25)18(20)21-23)7-14(16)17-11(3)22-27-12(17)4/h5-8,10H,9H2,1-4H3,(H2,20,21)(H,24,25). The van der Waals surface area contributed by atoms with Gasteiger partial charge in [-0.1, -0.05) is 19.0 Å². The van der Waals surface area contributed by atoms with Gasteiger partial charge in [0, 0.05) is 11.8 Å². The van der Waals surface area contributed by atoms with Gasteiger partial charge in [-0.25, -0.2) is 9.48 Å². The van der Waals surface area contributed by atoms with Crippen molar-refractivity contribution in [3.8, 4) is 22.6 Å². The molecular formula is C19H22N4O4. The number of aryl methyl sites for hydroxylation is 2. The van der Waals surface area contributed by atoms with Crippen molar-refractivity contribution in [2.24, 2.45) is 5.92 Å². The summed E-state index contributed by atoms with van der Waals surface area (Å²) in [6.45, 7) is 8.41. The molecule has 0 fully saturated rings. The molecule has 142 valence electrons. The topological polar surface area (TPSA) is 116 Å². The molecule has 0 aliphatic rings. The van der Waals surface area contributed by atoms with Crippen molar-refractivity contribution >= 4 is 11.8 Å². The third kappa shape index (κ3) is 3.64. The number of anilines is 1. The highest BCUT2D eigenvalue weighted by Crippen LogP contribution is 2.36. The van der Waals surface area contributed by atoms with Gasteiger partial charge in [-0.2, -0.15) is 0 Å². The summed E-state index contributed by atoms with van der Waals surface area (Å²) in [5.41, 5.74) is 8.70. The fourth-order valence-electron chi connectivity index (χ4n) is 2.79. The maximum absolute atomic E-state index is 11.2. The molecule has 0 radical (unpaired) electrons. The molecule has 2 aromatic heterocycles. The molecule has 0 bridgehead atoms. The van der Waals surface area contributed by atoms with Gasteiger partial charge in [-0.15, -0.1) is 5.10 Å². The summed E-state index contributed by atoms with van der Waals surface area (Å²) in [5, 5.41) is 17.3. The fraction of sp³-hybridized carbons (Fsp3) is 0.316. The fourth-order valence-corrected chi connectivity index (χ4v) is 2.79. The summed E-state index contributed by atoms with van der Waals surface area (Å²) >= 11 is 0. The molecule has 3 aromatic rings. The van der Waals surface area contributed by atoms with Crippen LogP contribution in [0, 0.1) is 19.8 Å². The Morgan fingerprint density at radius 2 is 2.11 bits per heavy atom. The Kier molecular flexibility index (Phi) is 4.89. The Bertz CT molecular complexity index is 968. The minimum absolute atomic E-state index is 0.0403. The Labute approximate surface area is 156 Å². The highest BCUT2D eigenvalue weighted by molar-refractivity contribution is 5.92. The molecule has 0 amide bonds. The van der Waals surface area contributed by atoms with E-state index < -0.39 is 5.97 Å². The van der Waals surface area contributed by atoms with Gasteiger partial charge >= 0.3 is 5.97 Å². The van der Waals surface area contributed by atoms with Crippen LogP contribution in [0.15, 0.2) is 28.9 Å². The SMILES string of the molecule is Cc1noc(C)c1-c1cc(-n2cc(C(=O)O)c(N)n2)ccc1OCC(C)C. The third-order valence-corrected chi connectivity index (χ3v) is 4.08. The summed E-state index contributed by atoms with van der Waals surface area (Å²) in [6, 6.07) is 5.49. The molecule has 1 aromatic carbocycles. The highest BCUT2D eigenvalue weighted by Gasteiger charge is 2.19. The van der Waals surface area contributed by atoms with Crippen LogP contribution < -0.4 is 10.5 Å². The van der Waals surface area contributed by atoms with Gasteiger partial charge < -0.3 is 20.1 Å². The summed E-state index contributed by atoms with van der Waals surface area (Å²) in [5.74, 6) is 0.569. The molecule has 3 rings (SSSR count). The van der Waals surface area contributed by atoms with Gasteiger partial charge in [0.2, 0.25) is 0 Å². The van der Waals surface area contributed by atoms with Crippen LogP contribution in [-0.4, -0.2) is 32.6 Å². The number of carboxylic acids is 1. The van der Waals surface area contributed by atoms with E-state index in [1.54, 1.807) is 6.07 Å². The van der Waals surface area contributed by atoms with Crippen molar-refractivity contribution < 1.29 is 19.2 Å². The molecule has 27 heavy (non-hydrogen) atoms. The van der Waals surface area contributed by atoms with Crippen molar-refractivity contribution in [3.05, 3.63) is 41.4 Å². The van der Waals surface area contributed by atoms with E-state index in [0.717, 1.165) is 16.8 Å². The number of aromatic nitrogens is 3. The third-order valence-electron chi connectivity index (χ3n) is 4.08. The number of hydrogen-bond donors (Lipinski definition) is 2.